The van der Waals surface area contributed by atoms with Gasteiger partial charge < -0.3 is 20.7 Å². The molecule has 1 rings (SSSR count). The number of anilines is 1. The summed E-state index contributed by atoms with van der Waals surface area (Å²) >= 11 is 0. The standard InChI is InChI=1S/C14H21N3O3/c1-4-17(5-2)13(18)9-16-14(19)10-6-7-11(15)12(8-10)20-3/h6-8H,4-5,9,15H2,1-3H3,(H,16,19). The molecule has 20 heavy (non-hydrogen) atoms. The molecule has 1 aromatic rings. The minimum Gasteiger partial charge on any atom is -0.495 e. The molecule has 0 unspecified atom stereocenters. The van der Waals surface area contributed by atoms with Gasteiger partial charge in [0.05, 0.1) is 19.3 Å². The fourth-order valence-electron chi connectivity index (χ4n) is 1.80. The first-order chi connectivity index (χ1) is 9.53. The summed E-state index contributed by atoms with van der Waals surface area (Å²) in [5.41, 5.74) is 6.55. The topological polar surface area (TPSA) is 84.7 Å². The van der Waals surface area contributed by atoms with Gasteiger partial charge in [-0.1, -0.05) is 0 Å². The molecule has 0 aromatic heterocycles. The molecule has 0 aliphatic rings. The van der Waals surface area contributed by atoms with Crippen LogP contribution in [-0.2, 0) is 4.79 Å². The molecule has 0 atom stereocenters. The summed E-state index contributed by atoms with van der Waals surface area (Å²) in [6.07, 6.45) is 0. The van der Waals surface area contributed by atoms with E-state index >= 15 is 0 Å². The number of methoxy groups -OCH3 is 1. The second kappa shape index (κ2) is 7.37. The van der Waals surface area contributed by atoms with Crippen LogP contribution in [0.5, 0.6) is 5.75 Å². The summed E-state index contributed by atoms with van der Waals surface area (Å²) in [5, 5.41) is 2.59. The molecule has 6 nitrogen and oxygen atoms in total. The van der Waals surface area contributed by atoms with Crippen molar-refractivity contribution in [2.45, 2.75) is 13.8 Å². The van der Waals surface area contributed by atoms with Crippen molar-refractivity contribution in [3.05, 3.63) is 23.8 Å². The second-order valence-corrected chi connectivity index (χ2v) is 4.21. The number of benzene rings is 1. The zero-order chi connectivity index (χ0) is 15.1. The number of hydrogen-bond acceptors (Lipinski definition) is 4. The number of hydrogen-bond donors (Lipinski definition) is 2. The van der Waals surface area contributed by atoms with Crippen molar-refractivity contribution in [2.24, 2.45) is 0 Å². The third-order valence-electron chi connectivity index (χ3n) is 3.01. The number of likely N-dealkylation sites (N-methyl/N-ethyl adjacent to an activating group) is 1. The van der Waals surface area contributed by atoms with E-state index < -0.39 is 0 Å². The highest BCUT2D eigenvalue weighted by atomic mass is 16.5. The molecule has 0 saturated carbocycles. The Kier molecular flexibility index (Phi) is 5.83. The Morgan fingerprint density at radius 3 is 2.50 bits per heavy atom. The minimum absolute atomic E-state index is 0.0206. The van der Waals surface area contributed by atoms with Crippen LogP contribution in [0, 0.1) is 0 Å². The van der Waals surface area contributed by atoms with Crippen LogP contribution in [0.15, 0.2) is 18.2 Å². The Morgan fingerprint density at radius 1 is 1.30 bits per heavy atom. The summed E-state index contributed by atoms with van der Waals surface area (Å²) < 4.78 is 5.05. The van der Waals surface area contributed by atoms with Crippen molar-refractivity contribution in [3.8, 4) is 5.75 Å². The molecule has 2 amide bonds. The van der Waals surface area contributed by atoms with Crippen LogP contribution in [0.25, 0.3) is 0 Å². The lowest BCUT2D eigenvalue weighted by Gasteiger charge is -2.18. The van der Waals surface area contributed by atoms with E-state index in [2.05, 4.69) is 5.32 Å². The van der Waals surface area contributed by atoms with Gasteiger partial charge in [-0.05, 0) is 32.0 Å². The first kappa shape index (κ1) is 15.8. The summed E-state index contributed by atoms with van der Waals surface area (Å²) in [5.74, 6) is 0.00212. The fourth-order valence-corrected chi connectivity index (χ4v) is 1.80. The van der Waals surface area contributed by atoms with Crippen molar-refractivity contribution in [3.63, 3.8) is 0 Å². The third kappa shape index (κ3) is 3.88. The zero-order valence-electron chi connectivity index (χ0n) is 12.1. The van der Waals surface area contributed by atoms with Gasteiger partial charge in [0, 0.05) is 18.7 Å². The average Bonchev–Trinajstić information content (AvgIpc) is 2.46. The van der Waals surface area contributed by atoms with Crippen molar-refractivity contribution in [2.75, 3.05) is 32.5 Å². The highest BCUT2D eigenvalue weighted by molar-refractivity contribution is 5.97. The first-order valence-corrected chi connectivity index (χ1v) is 6.52. The first-order valence-electron chi connectivity index (χ1n) is 6.52. The quantitative estimate of drug-likeness (QED) is 0.757. The maximum absolute atomic E-state index is 11.9. The van der Waals surface area contributed by atoms with Gasteiger partial charge in [-0.2, -0.15) is 0 Å². The number of amides is 2. The smallest absolute Gasteiger partial charge is 0.251 e. The van der Waals surface area contributed by atoms with Crippen LogP contribution >= 0.6 is 0 Å². The van der Waals surface area contributed by atoms with E-state index in [0.29, 0.717) is 30.1 Å². The number of nitrogen functional groups attached to an aromatic ring is 1. The molecule has 1 aromatic carbocycles. The summed E-state index contributed by atoms with van der Waals surface area (Å²) in [6, 6.07) is 4.74. The van der Waals surface area contributed by atoms with E-state index in [1.165, 1.54) is 7.11 Å². The lowest BCUT2D eigenvalue weighted by Crippen LogP contribution is -2.40. The lowest BCUT2D eigenvalue weighted by atomic mass is 10.2. The lowest BCUT2D eigenvalue weighted by molar-refractivity contribution is -0.129. The Labute approximate surface area is 118 Å². The van der Waals surface area contributed by atoms with Gasteiger partial charge in [0.25, 0.3) is 5.91 Å². The molecule has 0 fully saturated rings. The summed E-state index contributed by atoms with van der Waals surface area (Å²) in [7, 11) is 1.48. The highest BCUT2D eigenvalue weighted by Crippen LogP contribution is 2.21. The fraction of sp³-hybridized carbons (Fsp3) is 0.429. The van der Waals surface area contributed by atoms with Crippen LogP contribution in [0.3, 0.4) is 0 Å². The Balaban J connectivity index is 2.65. The monoisotopic (exact) mass is 279 g/mol. The van der Waals surface area contributed by atoms with Crippen LogP contribution in [0.1, 0.15) is 24.2 Å². The van der Waals surface area contributed by atoms with Crippen LogP contribution in [-0.4, -0.2) is 43.5 Å². The predicted octanol–water partition coefficient (Wildman–Crippen LogP) is 0.876. The molecule has 3 N–H and O–H groups in total. The van der Waals surface area contributed by atoms with E-state index in [9.17, 15) is 9.59 Å². The average molecular weight is 279 g/mol. The second-order valence-electron chi connectivity index (χ2n) is 4.21. The van der Waals surface area contributed by atoms with E-state index in [-0.39, 0.29) is 18.4 Å². The molecule has 0 aliphatic heterocycles. The van der Waals surface area contributed by atoms with Crippen molar-refractivity contribution in [1.82, 2.24) is 10.2 Å². The van der Waals surface area contributed by atoms with Crippen LogP contribution < -0.4 is 15.8 Å². The SMILES string of the molecule is CCN(CC)C(=O)CNC(=O)c1ccc(N)c(OC)c1. The van der Waals surface area contributed by atoms with Gasteiger partial charge >= 0.3 is 0 Å². The number of rotatable bonds is 6. The van der Waals surface area contributed by atoms with Gasteiger partial charge in [0.1, 0.15) is 5.75 Å². The van der Waals surface area contributed by atoms with Gasteiger partial charge in [0.2, 0.25) is 5.91 Å². The van der Waals surface area contributed by atoms with Gasteiger partial charge in [-0.15, -0.1) is 0 Å². The number of ether oxygens (including phenoxy) is 1. The summed E-state index contributed by atoms with van der Waals surface area (Å²) in [6.45, 7) is 5.02. The van der Waals surface area contributed by atoms with E-state index in [1.54, 1.807) is 23.1 Å². The molecule has 0 aliphatic carbocycles. The Hall–Kier alpha value is -2.24. The molecule has 0 saturated heterocycles. The number of nitrogens with zero attached hydrogens (tertiary/aromatic N) is 1. The molecule has 0 heterocycles. The number of nitrogens with one attached hydrogen (secondary N) is 1. The maximum atomic E-state index is 11.9. The molecule has 0 spiro atoms. The minimum atomic E-state index is -0.330. The highest BCUT2D eigenvalue weighted by Gasteiger charge is 2.13. The number of carbonyl (C=O) groups is 2. The Morgan fingerprint density at radius 2 is 1.95 bits per heavy atom. The molecule has 0 radical (unpaired) electrons. The van der Waals surface area contributed by atoms with E-state index in [1.807, 2.05) is 13.8 Å². The van der Waals surface area contributed by atoms with E-state index in [4.69, 9.17) is 10.5 Å². The normalized spacial score (nSPS) is 9.95. The number of carbonyl (C=O) groups excluding carboxylic acids is 2. The molecular formula is C14H21N3O3. The molecule has 0 bridgehead atoms. The Bertz CT molecular complexity index is 485. The summed E-state index contributed by atoms with van der Waals surface area (Å²) in [4.78, 5) is 25.4. The van der Waals surface area contributed by atoms with Crippen molar-refractivity contribution >= 4 is 17.5 Å². The van der Waals surface area contributed by atoms with Crippen LogP contribution in [0.4, 0.5) is 5.69 Å². The molecular weight excluding hydrogens is 258 g/mol. The third-order valence-corrected chi connectivity index (χ3v) is 3.01. The van der Waals surface area contributed by atoms with Crippen molar-refractivity contribution in [1.29, 1.82) is 0 Å². The number of nitrogens with two attached hydrogens (primary N) is 1. The predicted molar refractivity (Wildman–Crippen MR) is 77.7 cm³/mol. The molecule has 110 valence electrons. The largest absolute Gasteiger partial charge is 0.495 e. The van der Waals surface area contributed by atoms with E-state index in [0.717, 1.165) is 0 Å². The van der Waals surface area contributed by atoms with Gasteiger partial charge in [-0.3, -0.25) is 9.59 Å². The zero-order valence-corrected chi connectivity index (χ0v) is 12.1. The van der Waals surface area contributed by atoms with Crippen molar-refractivity contribution < 1.29 is 14.3 Å². The molecule has 6 heteroatoms. The van der Waals surface area contributed by atoms with Gasteiger partial charge in [-0.25, -0.2) is 0 Å². The maximum Gasteiger partial charge on any atom is 0.251 e. The van der Waals surface area contributed by atoms with Gasteiger partial charge in [0.15, 0.2) is 0 Å². The van der Waals surface area contributed by atoms with Crippen LogP contribution in [0.2, 0.25) is 0 Å².